The summed E-state index contributed by atoms with van der Waals surface area (Å²) in [6.07, 6.45) is 3.34. The van der Waals surface area contributed by atoms with Crippen LogP contribution in [0.4, 0.5) is 0 Å². The molecule has 1 saturated heterocycles. The summed E-state index contributed by atoms with van der Waals surface area (Å²) in [5, 5.41) is 0. The number of carbonyl (C=O) groups is 1. The van der Waals surface area contributed by atoms with Gasteiger partial charge in [-0.1, -0.05) is 30.3 Å². The lowest BCUT2D eigenvalue weighted by atomic mass is 10.2. The minimum absolute atomic E-state index is 0.0133. The second kappa shape index (κ2) is 7.13. The Balaban J connectivity index is 1.38. The van der Waals surface area contributed by atoms with E-state index >= 15 is 0 Å². The molecule has 1 aliphatic carbocycles. The molecule has 0 saturated carbocycles. The molecular formula is C19H22N2O3S2. The zero-order valence-corrected chi connectivity index (χ0v) is 16.2. The number of sulfonamides is 1. The molecule has 0 bridgehead atoms. The Morgan fingerprint density at radius 2 is 1.77 bits per heavy atom. The molecule has 2 heterocycles. The fraction of sp³-hybridized carbons (Fsp3) is 0.421. The van der Waals surface area contributed by atoms with Crippen LogP contribution in [0, 0.1) is 0 Å². The Labute approximate surface area is 158 Å². The van der Waals surface area contributed by atoms with Gasteiger partial charge >= 0.3 is 0 Å². The van der Waals surface area contributed by atoms with Gasteiger partial charge in [-0.3, -0.25) is 4.79 Å². The Morgan fingerprint density at radius 3 is 2.46 bits per heavy atom. The molecule has 4 rings (SSSR count). The van der Waals surface area contributed by atoms with E-state index in [4.69, 9.17) is 0 Å². The van der Waals surface area contributed by atoms with Crippen LogP contribution in [0.5, 0.6) is 0 Å². The van der Waals surface area contributed by atoms with Gasteiger partial charge in [-0.2, -0.15) is 4.31 Å². The number of rotatable bonds is 4. The third-order valence-electron chi connectivity index (χ3n) is 5.07. The van der Waals surface area contributed by atoms with Crippen molar-refractivity contribution < 1.29 is 13.2 Å². The largest absolute Gasteiger partial charge is 0.335 e. The molecule has 2 aromatic rings. The smallest absolute Gasteiger partial charge is 0.264 e. The Kier molecular flexibility index (Phi) is 4.86. The quantitative estimate of drug-likeness (QED) is 0.806. The fourth-order valence-corrected chi connectivity index (χ4v) is 6.37. The van der Waals surface area contributed by atoms with Crippen molar-refractivity contribution in [2.45, 2.75) is 25.0 Å². The van der Waals surface area contributed by atoms with E-state index in [1.165, 1.54) is 21.2 Å². The summed E-state index contributed by atoms with van der Waals surface area (Å²) in [6.45, 7) is 1.64. The number of piperazine rings is 1. The predicted octanol–water partition coefficient (Wildman–Crippen LogP) is 2.52. The van der Waals surface area contributed by atoms with Crippen LogP contribution in [0.25, 0.3) is 0 Å². The minimum atomic E-state index is -3.35. The van der Waals surface area contributed by atoms with Gasteiger partial charge in [0.1, 0.15) is 0 Å². The van der Waals surface area contributed by atoms with E-state index in [0.29, 0.717) is 26.2 Å². The summed E-state index contributed by atoms with van der Waals surface area (Å²) < 4.78 is 26.8. The van der Waals surface area contributed by atoms with Crippen molar-refractivity contribution >= 4 is 27.3 Å². The number of nitrogens with zero attached hydrogens (tertiary/aromatic N) is 2. The highest BCUT2D eigenvalue weighted by atomic mass is 32.2. The van der Waals surface area contributed by atoms with Crippen LogP contribution in [0.1, 0.15) is 32.1 Å². The summed E-state index contributed by atoms with van der Waals surface area (Å²) in [5.41, 5.74) is 2.11. The number of benzene rings is 1. The maximum atomic E-state index is 12.7. The average molecular weight is 391 g/mol. The van der Waals surface area contributed by atoms with Gasteiger partial charge in [0.2, 0.25) is 10.0 Å². The van der Waals surface area contributed by atoms with Crippen molar-refractivity contribution in [3.8, 4) is 0 Å². The lowest BCUT2D eigenvalue weighted by molar-refractivity contribution is 0.0702. The summed E-state index contributed by atoms with van der Waals surface area (Å²) in [5.74, 6) is 0.0592. The van der Waals surface area contributed by atoms with Crippen LogP contribution in [-0.4, -0.2) is 49.7 Å². The highest BCUT2D eigenvalue weighted by Crippen LogP contribution is 2.31. The van der Waals surface area contributed by atoms with Gasteiger partial charge in [0, 0.05) is 31.1 Å². The third-order valence-corrected chi connectivity index (χ3v) is 8.14. The van der Waals surface area contributed by atoms with Gasteiger partial charge < -0.3 is 4.90 Å². The molecule has 1 aromatic heterocycles. The lowest BCUT2D eigenvalue weighted by Gasteiger charge is -2.33. The van der Waals surface area contributed by atoms with Gasteiger partial charge in [-0.25, -0.2) is 8.42 Å². The van der Waals surface area contributed by atoms with E-state index in [-0.39, 0.29) is 11.7 Å². The van der Waals surface area contributed by atoms with E-state index in [1.807, 2.05) is 36.4 Å². The summed E-state index contributed by atoms with van der Waals surface area (Å²) in [4.78, 5) is 16.7. The fourth-order valence-electron chi connectivity index (χ4n) is 3.64. The zero-order chi connectivity index (χ0) is 18.1. The van der Waals surface area contributed by atoms with Gasteiger partial charge in [-0.15, -0.1) is 11.3 Å². The highest BCUT2D eigenvalue weighted by molar-refractivity contribution is 7.88. The van der Waals surface area contributed by atoms with Crippen LogP contribution in [-0.2, 0) is 28.6 Å². The first-order valence-electron chi connectivity index (χ1n) is 8.95. The molecule has 1 aromatic carbocycles. The molecule has 7 heteroatoms. The lowest BCUT2D eigenvalue weighted by Crippen LogP contribution is -2.50. The maximum Gasteiger partial charge on any atom is 0.264 e. The second-order valence-electron chi connectivity index (χ2n) is 6.85. The first kappa shape index (κ1) is 17.7. The molecule has 2 aliphatic rings. The predicted molar refractivity (Wildman–Crippen MR) is 103 cm³/mol. The maximum absolute atomic E-state index is 12.7. The van der Waals surface area contributed by atoms with Gasteiger partial charge in [0.15, 0.2) is 0 Å². The van der Waals surface area contributed by atoms with Crippen molar-refractivity contribution in [1.29, 1.82) is 0 Å². The monoisotopic (exact) mass is 390 g/mol. The molecule has 1 amide bonds. The molecule has 0 atom stereocenters. The number of amides is 1. The zero-order valence-electron chi connectivity index (χ0n) is 14.6. The molecular weight excluding hydrogens is 368 g/mol. The van der Waals surface area contributed by atoms with Crippen molar-refractivity contribution in [3.63, 3.8) is 0 Å². The number of aryl methyl sites for hydroxylation is 2. The molecule has 26 heavy (non-hydrogen) atoms. The number of thiophene rings is 1. The second-order valence-corrected chi connectivity index (χ2v) is 9.95. The minimum Gasteiger partial charge on any atom is -0.335 e. The van der Waals surface area contributed by atoms with Crippen LogP contribution >= 0.6 is 11.3 Å². The summed E-state index contributed by atoms with van der Waals surface area (Å²) >= 11 is 1.61. The van der Waals surface area contributed by atoms with E-state index in [2.05, 4.69) is 0 Å². The van der Waals surface area contributed by atoms with Crippen molar-refractivity contribution in [2.24, 2.45) is 0 Å². The molecule has 5 nitrogen and oxygen atoms in total. The van der Waals surface area contributed by atoms with Crippen molar-refractivity contribution in [1.82, 2.24) is 9.21 Å². The Hall–Kier alpha value is -1.70. The number of carbonyl (C=O) groups excluding carboxylic acids is 1. The van der Waals surface area contributed by atoms with Gasteiger partial charge in [0.25, 0.3) is 5.91 Å². The van der Waals surface area contributed by atoms with Crippen molar-refractivity contribution in [3.05, 3.63) is 57.3 Å². The van der Waals surface area contributed by atoms with E-state index < -0.39 is 10.0 Å². The van der Waals surface area contributed by atoms with E-state index in [0.717, 1.165) is 23.3 Å². The van der Waals surface area contributed by atoms with Crippen LogP contribution in [0.15, 0.2) is 36.4 Å². The topological polar surface area (TPSA) is 57.7 Å². The van der Waals surface area contributed by atoms with Crippen molar-refractivity contribution in [2.75, 3.05) is 26.2 Å². The highest BCUT2D eigenvalue weighted by Gasteiger charge is 2.30. The number of hydrogen-bond acceptors (Lipinski definition) is 4. The van der Waals surface area contributed by atoms with E-state index in [1.54, 1.807) is 16.2 Å². The average Bonchev–Trinajstić information content (AvgIpc) is 3.24. The normalized spacial score (nSPS) is 18.1. The standard InChI is InChI=1S/C19H22N2O3S2/c22-19(18-13-16-7-4-8-17(16)25-18)20-9-11-21(12-10-20)26(23,24)14-15-5-2-1-3-6-15/h1-3,5-6,13H,4,7-12,14H2. The van der Waals surface area contributed by atoms with Gasteiger partial charge in [0.05, 0.1) is 10.6 Å². The number of hydrogen-bond donors (Lipinski definition) is 0. The Bertz CT molecular complexity index is 877. The third kappa shape index (κ3) is 3.56. The van der Waals surface area contributed by atoms with Crippen LogP contribution in [0.3, 0.4) is 0 Å². The van der Waals surface area contributed by atoms with Crippen LogP contribution in [0.2, 0.25) is 0 Å². The molecule has 0 unspecified atom stereocenters. The summed E-state index contributed by atoms with van der Waals surface area (Å²) in [7, 11) is -3.35. The van der Waals surface area contributed by atoms with E-state index in [9.17, 15) is 13.2 Å². The first-order chi connectivity index (χ1) is 12.5. The first-order valence-corrected chi connectivity index (χ1v) is 11.4. The molecule has 138 valence electrons. The molecule has 1 fully saturated rings. The summed E-state index contributed by atoms with van der Waals surface area (Å²) in [6, 6.07) is 11.3. The molecule has 0 N–H and O–H groups in total. The SMILES string of the molecule is O=C(c1cc2c(s1)CCC2)N1CCN(S(=O)(=O)Cc2ccccc2)CC1. The molecule has 0 spiro atoms. The van der Waals surface area contributed by atoms with Gasteiger partial charge in [-0.05, 0) is 36.5 Å². The molecule has 0 radical (unpaired) electrons. The van der Waals surface area contributed by atoms with Crippen LogP contribution < -0.4 is 0 Å². The molecule has 1 aliphatic heterocycles. The Morgan fingerprint density at radius 1 is 1.04 bits per heavy atom. The number of fused-ring (bicyclic) bond motifs is 1.